The topological polar surface area (TPSA) is 117 Å². The highest BCUT2D eigenvalue weighted by Crippen LogP contribution is 2.42. The number of nitrogens with zero attached hydrogens (tertiary/aromatic N) is 3. The molecule has 246 valence electrons. The first kappa shape index (κ1) is 33.0. The number of aldehydes is 1. The molecule has 0 radical (unpaired) electrons. The van der Waals surface area contributed by atoms with Crippen LogP contribution < -0.4 is 9.47 Å². The minimum absolute atomic E-state index is 0.0106. The van der Waals surface area contributed by atoms with Gasteiger partial charge >= 0.3 is 5.97 Å². The lowest BCUT2D eigenvalue weighted by Crippen LogP contribution is -2.47. The first-order valence-corrected chi connectivity index (χ1v) is 15.7. The first-order chi connectivity index (χ1) is 21.2. The number of carbonyl (C=O) groups is 3. The van der Waals surface area contributed by atoms with Gasteiger partial charge in [-0.15, -0.1) is 0 Å². The van der Waals surface area contributed by atoms with Crippen molar-refractivity contribution < 1.29 is 42.1 Å². The van der Waals surface area contributed by atoms with Crippen LogP contribution in [0.1, 0.15) is 78.8 Å². The zero-order chi connectivity index (χ0) is 32.7. The maximum atomic E-state index is 16.0. The fourth-order valence-corrected chi connectivity index (χ4v) is 6.73. The summed E-state index contributed by atoms with van der Waals surface area (Å²) < 4.78 is 55.4. The van der Waals surface area contributed by atoms with E-state index in [-0.39, 0.29) is 37.4 Å². The first-order valence-electron chi connectivity index (χ1n) is 15.7. The number of carbonyl (C=O) groups excluding carboxylic acids is 3. The third-order valence-electron chi connectivity index (χ3n) is 9.57. The minimum Gasteiger partial charge on any atom is -0.497 e. The minimum atomic E-state index is -3.44. The van der Waals surface area contributed by atoms with Crippen molar-refractivity contribution in [2.45, 2.75) is 103 Å². The van der Waals surface area contributed by atoms with Gasteiger partial charge in [-0.3, -0.25) is 9.59 Å². The fraction of sp³-hybridized carbons (Fsp3) is 0.667. The molecule has 1 saturated carbocycles. The van der Waals surface area contributed by atoms with E-state index in [1.165, 1.54) is 12.0 Å². The molecule has 6 atom stereocenters. The summed E-state index contributed by atoms with van der Waals surface area (Å²) in [5, 5.41) is 0. The van der Waals surface area contributed by atoms with E-state index in [0.29, 0.717) is 30.4 Å². The van der Waals surface area contributed by atoms with Crippen molar-refractivity contribution in [3.8, 4) is 11.6 Å². The van der Waals surface area contributed by atoms with Crippen molar-refractivity contribution in [3.63, 3.8) is 0 Å². The zero-order valence-electron chi connectivity index (χ0n) is 26.8. The third kappa shape index (κ3) is 6.62. The lowest BCUT2D eigenvalue weighted by molar-refractivity contribution is -0.175. The van der Waals surface area contributed by atoms with Gasteiger partial charge in [0.15, 0.2) is 5.69 Å². The molecule has 2 aliphatic heterocycles. The maximum Gasteiger partial charge on any atom is 0.307 e. The molecular weight excluding hydrogens is 588 g/mol. The Balaban J connectivity index is 1.58. The number of methoxy groups -OCH3 is 1. The second kappa shape index (κ2) is 12.4. The zero-order valence-corrected chi connectivity index (χ0v) is 26.8. The molecule has 1 aliphatic carbocycles. The van der Waals surface area contributed by atoms with Gasteiger partial charge in [0.1, 0.15) is 23.7 Å². The van der Waals surface area contributed by atoms with Gasteiger partial charge in [0.2, 0.25) is 11.8 Å². The average molecular weight is 632 g/mol. The lowest BCUT2D eigenvalue weighted by Gasteiger charge is -2.36. The van der Waals surface area contributed by atoms with Gasteiger partial charge < -0.3 is 28.6 Å². The predicted octanol–water partition coefficient (Wildman–Crippen LogP) is 5.24. The molecule has 2 aromatic rings. The summed E-state index contributed by atoms with van der Waals surface area (Å²) in [6.45, 7) is 9.07. The lowest BCUT2D eigenvalue weighted by atomic mass is 9.77. The Morgan fingerprint density at radius 3 is 2.56 bits per heavy atom. The Morgan fingerprint density at radius 1 is 1.11 bits per heavy atom. The molecule has 3 heterocycles. The van der Waals surface area contributed by atoms with Crippen LogP contribution in [0.15, 0.2) is 18.2 Å². The van der Waals surface area contributed by atoms with Crippen LogP contribution in [-0.4, -0.2) is 77.1 Å². The second-order valence-electron chi connectivity index (χ2n) is 13.8. The molecule has 1 amide bonds. The highest BCUT2D eigenvalue weighted by molar-refractivity contribution is 5.87. The van der Waals surface area contributed by atoms with Crippen molar-refractivity contribution in [2.75, 3.05) is 20.3 Å². The number of aromatic nitrogens is 2. The van der Waals surface area contributed by atoms with E-state index in [1.807, 2.05) is 20.8 Å². The van der Waals surface area contributed by atoms with Gasteiger partial charge in [-0.25, -0.2) is 9.97 Å². The molecule has 3 aliphatic rings. The molecule has 45 heavy (non-hydrogen) atoms. The van der Waals surface area contributed by atoms with Crippen LogP contribution in [0.3, 0.4) is 0 Å². The van der Waals surface area contributed by atoms with E-state index < -0.39 is 71.0 Å². The number of amides is 1. The summed E-state index contributed by atoms with van der Waals surface area (Å²) >= 11 is 0. The fourth-order valence-electron chi connectivity index (χ4n) is 6.73. The summed E-state index contributed by atoms with van der Waals surface area (Å²) in [6.07, 6.45) is 0.530. The van der Waals surface area contributed by atoms with E-state index in [0.717, 1.165) is 6.42 Å². The van der Waals surface area contributed by atoms with Gasteiger partial charge in [0.05, 0.1) is 49.2 Å². The van der Waals surface area contributed by atoms with E-state index in [9.17, 15) is 14.4 Å². The summed E-state index contributed by atoms with van der Waals surface area (Å²) in [5.41, 5.74) is -1.67. The van der Waals surface area contributed by atoms with Crippen LogP contribution in [-0.2, 0) is 29.8 Å². The Labute approximate surface area is 262 Å². The van der Waals surface area contributed by atoms with Crippen LogP contribution >= 0.6 is 0 Å². The highest BCUT2D eigenvalue weighted by atomic mass is 19.3. The standard InChI is InChI=1S/C33H43F2N3O7/c1-19-24(18-39)38-17-25(19)44-29-28(36-22-11-10-20(42-6)15-23(22)37-29)33(34,35)13-8-14-43-26-9-7-12-32(26,5)45-27(40)16-21(30(38)41)31(2,3)4/h10-11,15,18-19,21,24-26H,7-9,12-14,16-17H2,1-6H3/t19-,21+,24+,25-,26+,32+/m0/s1. The molecule has 1 aromatic carbocycles. The Bertz CT molecular complexity index is 1450. The van der Waals surface area contributed by atoms with Gasteiger partial charge in [-0.05, 0) is 50.2 Å². The van der Waals surface area contributed by atoms with E-state index in [2.05, 4.69) is 9.97 Å². The van der Waals surface area contributed by atoms with Crippen molar-refractivity contribution in [2.24, 2.45) is 17.3 Å². The Hall–Kier alpha value is -3.41. The summed E-state index contributed by atoms with van der Waals surface area (Å²) in [7, 11) is 1.49. The van der Waals surface area contributed by atoms with Gasteiger partial charge in [-0.2, -0.15) is 8.78 Å². The van der Waals surface area contributed by atoms with Crippen LogP contribution in [0.2, 0.25) is 0 Å². The molecule has 12 heteroatoms. The van der Waals surface area contributed by atoms with Crippen LogP contribution in [0.5, 0.6) is 11.6 Å². The summed E-state index contributed by atoms with van der Waals surface area (Å²) in [4.78, 5) is 50.0. The number of rotatable bonds is 2. The molecule has 1 aromatic heterocycles. The quantitative estimate of drug-likeness (QED) is 0.324. The van der Waals surface area contributed by atoms with E-state index in [1.54, 1.807) is 32.0 Å². The van der Waals surface area contributed by atoms with Gasteiger partial charge in [0, 0.05) is 25.0 Å². The van der Waals surface area contributed by atoms with Crippen LogP contribution in [0, 0.1) is 17.3 Å². The summed E-state index contributed by atoms with van der Waals surface area (Å²) in [6, 6.07) is 3.86. The Kier molecular flexibility index (Phi) is 9.09. The van der Waals surface area contributed by atoms with Crippen molar-refractivity contribution in [3.05, 3.63) is 23.9 Å². The number of alkyl halides is 2. The predicted molar refractivity (Wildman–Crippen MR) is 160 cm³/mol. The normalized spacial score (nSPS) is 31.3. The number of hydrogen-bond acceptors (Lipinski definition) is 9. The van der Waals surface area contributed by atoms with Crippen molar-refractivity contribution in [1.82, 2.24) is 14.9 Å². The largest absolute Gasteiger partial charge is 0.497 e. The average Bonchev–Trinajstić information content (AvgIpc) is 3.49. The van der Waals surface area contributed by atoms with Crippen LogP contribution in [0.25, 0.3) is 11.0 Å². The molecule has 0 unspecified atom stereocenters. The monoisotopic (exact) mass is 631 g/mol. The molecule has 10 nitrogen and oxygen atoms in total. The molecule has 0 N–H and O–H groups in total. The number of hydrogen-bond donors (Lipinski definition) is 0. The molecule has 5 rings (SSSR count). The smallest absolute Gasteiger partial charge is 0.307 e. The number of fused-ring (bicyclic) bond motifs is 5. The van der Waals surface area contributed by atoms with E-state index >= 15 is 8.78 Å². The van der Waals surface area contributed by atoms with Gasteiger partial charge in [0.25, 0.3) is 5.92 Å². The van der Waals surface area contributed by atoms with Crippen molar-refractivity contribution in [1.29, 1.82) is 0 Å². The molecule has 1 saturated heterocycles. The third-order valence-corrected chi connectivity index (χ3v) is 9.57. The maximum absolute atomic E-state index is 16.0. The van der Waals surface area contributed by atoms with Crippen molar-refractivity contribution >= 4 is 29.2 Å². The Morgan fingerprint density at radius 2 is 1.87 bits per heavy atom. The number of esters is 1. The van der Waals surface area contributed by atoms with E-state index in [4.69, 9.17) is 18.9 Å². The SMILES string of the molecule is COc1ccc2nc3c(nc2c1)O[C@H]1CN(C(=O)[C@H](C(C)(C)C)CC(=O)O[C@]2(C)CCC[C@H]2OCCCC3(F)F)[C@H](C=O)[C@@H]1C. The number of halogens is 2. The van der Waals surface area contributed by atoms with Crippen LogP contribution in [0.4, 0.5) is 8.78 Å². The number of ether oxygens (including phenoxy) is 4. The van der Waals surface area contributed by atoms with Gasteiger partial charge in [-0.1, -0.05) is 27.7 Å². The molecule has 2 fully saturated rings. The molecule has 0 spiro atoms. The molecule has 2 bridgehead atoms. The summed E-state index contributed by atoms with van der Waals surface area (Å²) in [5.74, 6) is -5.64. The molecular formula is C33H43F2N3O7. The number of benzene rings is 1. The second-order valence-corrected chi connectivity index (χ2v) is 13.8. The highest BCUT2D eigenvalue weighted by Gasteiger charge is 2.49.